The molecule has 0 spiro atoms. The van der Waals surface area contributed by atoms with Gasteiger partial charge in [0.05, 0.1) is 18.7 Å². The first kappa shape index (κ1) is 18.4. The van der Waals surface area contributed by atoms with Gasteiger partial charge in [-0.25, -0.2) is 0 Å². The number of carbonyl (C=O) groups is 1. The molecule has 0 saturated heterocycles. The monoisotopic (exact) mass is 344 g/mol. The molecule has 0 aliphatic carbocycles. The van der Waals surface area contributed by atoms with Crippen molar-refractivity contribution in [3.63, 3.8) is 0 Å². The minimum atomic E-state index is -0.862. The van der Waals surface area contributed by atoms with Crippen LogP contribution in [0.1, 0.15) is 24.2 Å². The number of aliphatic imine (C=N–C) groups is 1. The number of nitrogens with one attached hydrogen (secondary N) is 1. The van der Waals surface area contributed by atoms with E-state index in [0.29, 0.717) is 21.3 Å². The van der Waals surface area contributed by atoms with E-state index in [1.54, 1.807) is 19.9 Å². The second-order valence-corrected chi connectivity index (χ2v) is 5.88. The van der Waals surface area contributed by atoms with Gasteiger partial charge < -0.3 is 16.3 Å². The molecule has 0 aliphatic rings. The van der Waals surface area contributed by atoms with Crippen LogP contribution in [0.15, 0.2) is 28.3 Å². The third-order valence-electron chi connectivity index (χ3n) is 2.77. The van der Waals surface area contributed by atoms with Crippen LogP contribution in [-0.2, 0) is 0 Å². The van der Waals surface area contributed by atoms with Crippen LogP contribution < -0.4 is 11.2 Å². The predicted molar refractivity (Wildman–Crippen MR) is 90.1 cm³/mol. The summed E-state index contributed by atoms with van der Waals surface area (Å²) in [6.07, 6.45) is 1.42. The molecule has 0 fully saturated rings. The second-order valence-electron chi connectivity index (χ2n) is 5.01. The van der Waals surface area contributed by atoms with Crippen molar-refractivity contribution in [2.24, 2.45) is 15.9 Å². The third-order valence-corrected chi connectivity index (χ3v) is 3.21. The van der Waals surface area contributed by atoms with Crippen LogP contribution in [0, 0.1) is 0 Å². The van der Waals surface area contributed by atoms with Crippen LogP contribution in [0.5, 0.6) is 0 Å². The molecule has 0 bridgehead atoms. The van der Waals surface area contributed by atoms with Crippen LogP contribution in [0.25, 0.3) is 0 Å². The van der Waals surface area contributed by atoms with E-state index < -0.39 is 5.54 Å². The summed E-state index contributed by atoms with van der Waals surface area (Å²) >= 11 is 11.8. The fourth-order valence-corrected chi connectivity index (χ4v) is 2.20. The van der Waals surface area contributed by atoms with Gasteiger partial charge in [-0.3, -0.25) is 9.79 Å². The first-order valence-electron chi connectivity index (χ1n) is 6.48. The summed E-state index contributed by atoms with van der Waals surface area (Å²) in [4.78, 5) is 16.3. The van der Waals surface area contributed by atoms with E-state index in [-0.39, 0.29) is 19.1 Å². The molecule has 0 heterocycles. The number of hydrogen-bond acceptors (Lipinski definition) is 5. The van der Waals surface area contributed by atoms with Crippen LogP contribution in [-0.4, -0.2) is 41.6 Å². The maximum Gasteiger partial charge on any atom is 0.252 e. The molecular formula is C14H18Cl2N4O2. The maximum absolute atomic E-state index is 12.3. The highest BCUT2D eigenvalue weighted by molar-refractivity contribution is 6.36. The zero-order valence-electron chi connectivity index (χ0n) is 12.3. The Hall–Kier alpha value is -1.63. The number of halogens is 2. The number of aliphatic hydroxyl groups is 1. The Balaban J connectivity index is 2.92. The lowest BCUT2D eigenvalue weighted by Crippen LogP contribution is -2.50. The highest BCUT2D eigenvalue weighted by Crippen LogP contribution is 2.19. The van der Waals surface area contributed by atoms with Crippen molar-refractivity contribution in [3.8, 4) is 0 Å². The SMILES string of the molecule is CC(C)(NC(=O)c1cc(Cl)cc(Cl)c1)/C(C=NCCO)=N/N. The van der Waals surface area contributed by atoms with Gasteiger partial charge in [-0.15, -0.1) is 0 Å². The number of amides is 1. The number of hydrogen-bond donors (Lipinski definition) is 3. The van der Waals surface area contributed by atoms with Gasteiger partial charge in [-0.05, 0) is 32.0 Å². The molecule has 4 N–H and O–H groups in total. The molecule has 22 heavy (non-hydrogen) atoms. The Morgan fingerprint density at radius 3 is 2.45 bits per heavy atom. The van der Waals surface area contributed by atoms with Crippen molar-refractivity contribution < 1.29 is 9.90 Å². The van der Waals surface area contributed by atoms with Gasteiger partial charge in [0.15, 0.2) is 0 Å². The number of carbonyl (C=O) groups excluding carboxylic acids is 1. The Morgan fingerprint density at radius 1 is 1.36 bits per heavy atom. The molecule has 0 radical (unpaired) electrons. The zero-order chi connectivity index (χ0) is 16.8. The standard InChI is InChI=1S/C14H18Cl2N4O2/c1-14(2,12(20-17)8-18-3-4-21)19-13(22)9-5-10(15)7-11(16)6-9/h5-8,21H,3-4,17H2,1-2H3,(H,19,22)/b18-8?,20-12+. The Labute approximate surface area is 139 Å². The van der Waals surface area contributed by atoms with E-state index >= 15 is 0 Å². The molecule has 8 heteroatoms. The number of nitrogens with two attached hydrogens (primary N) is 1. The summed E-state index contributed by atoms with van der Waals surface area (Å²) in [6, 6.07) is 4.56. The number of aliphatic hydroxyl groups excluding tert-OH is 1. The van der Waals surface area contributed by atoms with Gasteiger partial charge in [-0.2, -0.15) is 5.10 Å². The van der Waals surface area contributed by atoms with Gasteiger partial charge in [0, 0.05) is 21.8 Å². The number of hydrazone groups is 1. The molecular weight excluding hydrogens is 327 g/mol. The largest absolute Gasteiger partial charge is 0.394 e. The Morgan fingerprint density at radius 2 is 1.95 bits per heavy atom. The lowest BCUT2D eigenvalue weighted by molar-refractivity contribution is 0.0932. The van der Waals surface area contributed by atoms with Gasteiger partial charge in [0.25, 0.3) is 5.91 Å². The molecule has 1 amide bonds. The molecule has 0 aromatic heterocycles. The summed E-state index contributed by atoms with van der Waals surface area (Å²) in [5, 5.41) is 15.9. The van der Waals surface area contributed by atoms with Crippen molar-refractivity contribution in [2.75, 3.05) is 13.2 Å². The van der Waals surface area contributed by atoms with E-state index in [2.05, 4.69) is 15.4 Å². The number of nitrogens with zero attached hydrogens (tertiary/aromatic N) is 2. The normalized spacial score (nSPS) is 12.7. The minimum absolute atomic E-state index is 0.0812. The van der Waals surface area contributed by atoms with Crippen molar-refractivity contribution in [1.29, 1.82) is 0 Å². The summed E-state index contributed by atoms with van der Waals surface area (Å²) < 4.78 is 0. The van der Waals surface area contributed by atoms with Crippen molar-refractivity contribution in [3.05, 3.63) is 33.8 Å². The van der Waals surface area contributed by atoms with Gasteiger partial charge in [0.1, 0.15) is 5.71 Å². The average Bonchev–Trinajstić information content (AvgIpc) is 2.41. The van der Waals surface area contributed by atoms with E-state index in [9.17, 15) is 4.79 Å². The Bertz CT molecular complexity index is 580. The molecule has 0 aliphatic heterocycles. The molecule has 0 unspecified atom stereocenters. The fourth-order valence-electron chi connectivity index (χ4n) is 1.67. The van der Waals surface area contributed by atoms with E-state index in [1.165, 1.54) is 18.3 Å². The Kier molecular flexibility index (Phi) is 6.80. The van der Waals surface area contributed by atoms with Crippen molar-refractivity contribution in [2.45, 2.75) is 19.4 Å². The number of benzene rings is 1. The van der Waals surface area contributed by atoms with E-state index in [4.69, 9.17) is 34.2 Å². The molecule has 0 atom stereocenters. The second kappa shape index (κ2) is 8.12. The first-order valence-corrected chi connectivity index (χ1v) is 7.23. The fraction of sp³-hybridized carbons (Fsp3) is 0.357. The van der Waals surface area contributed by atoms with Crippen LogP contribution in [0.2, 0.25) is 10.0 Å². The lowest BCUT2D eigenvalue weighted by Gasteiger charge is -2.25. The van der Waals surface area contributed by atoms with Crippen LogP contribution in [0.3, 0.4) is 0 Å². The van der Waals surface area contributed by atoms with Crippen molar-refractivity contribution in [1.82, 2.24) is 5.32 Å². The molecule has 120 valence electrons. The van der Waals surface area contributed by atoms with Gasteiger partial charge in [-0.1, -0.05) is 23.2 Å². The molecule has 0 saturated carbocycles. The molecule has 6 nitrogen and oxygen atoms in total. The summed E-state index contributed by atoms with van der Waals surface area (Å²) in [5.74, 6) is 4.98. The summed E-state index contributed by atoms with van der Waals surface area (Å²) in [7, 11) is 0. The van der Waals surface area contributed by atoms with Crippen molar-refractivity contribution >= 4 is 41.0 Å². The summed E-state index contributed by atoms with van der Waals surface area (Å²) in [5.41, 5.74) is -0.170. The first-order chi connectivity index (χ1) is 10.3. The molecule has 1 aromatic rings. The molecule has 1 aromatic carbocycles. The van der Waals surface area contributed by atoms with E-state index in [0.717, 1.165) is 0 Å². The van der Waals surface area contributed by atoms with Crippen LogP contribution in [0.4, 0.5) is 0 Å². The van der Waals surface area contributed by atoms with E-state index in [1.807, 2.05) is 0 Å². The lowest BCUT2D eigenvalue weighted by atomic mass is 9.98. The third kappa shape index (κ3) is 5.29. The summed E-state index contributed by atoms with van der Waals surface area (Å²) in [6.45, 7) is 3.61. The number of rotatable bonds is 6. The highest BCUT2D eigenvalue weighted by Gasteiger charge is 2.27. The minimum Gasteiger partial charge on any atom is -0.394 e. The average molecular weight is 345 g/mol. The molecule has 1 rings (SSSR count). The van der Waals surface area contributed by atoms with Crippen LogP contribution >= 0.6 is 23.2 Å². The van der Waals surface area contributed by atoms with Gasteiger partial charge >= 0.3 is 0 Å². The smallest absolute Gasteiger partial charge is 0.252 e. The highest BCUT2D eigenvalue weighted by atomic mass is 35.5. The maximum atomic E-state index is 12.3. The topological polar surface area (TPSA) is 100 Å². The zero-order valence-corrected chi connectivity index (χ0v) is 13.8. The van der Waals surface area contributed by atoms with Gasteiger partial charge in [0.2, 0.25) is 0 Å². The predicted octanol–water partition coefficient (Wildman–Crippen LogP) is 1.88. The quantitative estimate of drug-likeness (QED) is 0.417.